The number of nitrogens with zero attached hydrogens (tertiary/aromatic N) is 1. The molecule has 1 aromatic rings. The molecular weight excluding hydrogens is 415 g/mol. The Bertz CT molecular complexity index is 594. The van der Waals surface area contributed by atoms with Gasteiger partial charge in [-0.1, -0.05) is 24.3 Å². The lowest BCUT2D eigenvalue weighted by Gasteiger charge is -2.25. The number of amides is 1. The molecule has 1 heterocycles. The number of halogens is 1. The number of carbonyl (C=O) groups excluding carboxylic acids is 1. The van der Waals surface area contributed by atoms with Crippen molar-refractivity contribution in [2.45, 2.75) is 51.1 Å². The lowest BCUT2D eigenvalue weighted by atomic mass is 10.0. The number of aliphatic imine (C=N–C) groups is 1. The number of carbonyl (C=O) groups is 1. The summed E-state index contributed by atoms with van der Waals surface area (Å²) in [6.07, 6.45) is 2.60. The first-order chi connectivity index (χ1) is 11.2. The Morgan fingerprint density at radius 3 is 2.79 bits per heavy atom. The van der Waals surface area contributed by atoms with Gasteiger partial charge in [-0.15, -0.1) is 24.0 Å². The quantitative estimate of drug-likeness (QED) is 0.381. The van der Waals surface area contributed by atoms with Gasteiger partial charge in [-0.3, -0.25) is 9.79 Å². The molecule has 0 aromatic heterocycles. The van der Waals surface area contributed by atoms with Gasteiger partial charge in [0.05, 0.1) is 0 Å². The molecule has 3 N–H and O–H groups in total. The van der Waals surface area contributed by atoms with Crippen LogP contribution < -0.4 is 16.0 Å². The summed E-state index contributed by atoms with van der Waals surface area (Å²) in [4.78, 5) is 15.8. The molecule has 1 amide bonds. The third kappa shape index (κ3) is 4.84. The van der Waals surface area contributed by atoms with Crippen LogP contribution in [0.2, 0.25) is 0 Å². The van der Waals surface area contributed by atoms with E-state index in [0.717, 1.165) is 25.3 Å². The van der Waals surface area contributed by atoms with E-state index in [4.69, 9.17) is 0 Å². The molecule has 3 unspecified atom stereocenters. The molecule has 3 rings (SSSR count). The van der Waals surface area contributed by atoms with Crippen LogP contribution in [0, 0.1) is 6.92 Å². The number of hydrogen-bond donors (Lipinski definition) is 3. The van der Waals surface area contributed by atoms with Gasteiger partial charge in [-0.05, 0) is 37.8 Å². The average molecular weight is 442 g/mol. The highest BCUT2D eigenvalue weighted by molar-refractivity contribution is 14.0. The largest absolute Gasteiger partial charge is 0.354 e. The van der Waals surface area contributed by atoms with Crippen LogP contribution in [0.15, 0.2) is 29.3 Å². The van der Waals surface area contributed by atoms with Crippen LogP contribution in [0.5, 0.6) is 0 Å². The predicted octanol–water partition coefficient (Wildman–Crippen LogP) is 2.30. The first-order valence-electron chi connectivity index (χ1n) is 8.57. The van der Waals surface area contributed by atoms with E-state index in [1.165, 1.54) is 11.1 Å². The molecule has 5 nitrogen and oxygen atoms in total. The normalized spacial score (nSPS) is 26.2. The second kappa shape index (κ2) is 8.69. The van der Waals surface area contributed by atoms with Crippen molar-refractivity contribution in [1.29, 1.82) is 0 Å². The Morgan fingerprint density at radius 1 is 1.33 bits per heavy atom. The second-order valence-corrected chi connectivity index (χ2v) is 6.46. The number of nitrogens with one attached hydrogen (secondary N) is 3. The van der Waals surface area contributed by atoms with E-state index in [1.807, 2.05) is 6.92 Å². The summed E-state index contributed by atoms with van der Waals surface area (Å²) < 4.78 is 0. The molecule has 1 aliphatic heterocycles. The highest BCUT2D eigenvalue weighted by Gasteiger charge is 2.39. The minimum absolute atomic E-state index is 0. The minimum Gasteiger partial charge on any atom is -0.354 e. The predicted molar refractivity (Wildman–Crippen MR) is 108 cm³/mol. The molecular formula is C18H27IN4O. The average Bonchev–Trinajstić information content (AvgIpc) is 3.29. The summed E-state index contributed by atoms with van der Waals surface area (Å²) in [6, 6.07) is 9.32. The third-order valence-corrected chi connectivity index (χ3v) is 4.62. The molecule has 1 aliphatic carbocycles. The first-order valence-corrected chi connectivity index (χ1v) is 8.57. The van der Waals surface area contributed by atoms with E-state index >= 15 is 0 Å². The molecule has 0 spiro atoms. The fraction of sp³-hybridized carbons (Fsp3) is 0.556. The number of aryl methyl sites for hydroxylation is 1. The summed E-state index contributed by atoms with van der Waals surface area (Å²) in [5.41, 5.74) is 2.80. The van der Waals surface area contributed by atoms with E-state index in [2.05, 4.69) is 52.1 Å². The van der Waals surface area contributed by atoms with Gasteiger partial charge in [0.2, 0.25) is 5.91 Å². The van der Waals surface area contributed by atoms with Crippen LogP contribution in [0.3, 0.4) is 0 Å². The molecule has 6 heteroatoms. The molecule has 1 saturated heterocycles. The monoisotopic (exact) mass is 442 g/mol. The van der Waals surface area contributed by atoms with Gasteiger partial charge in [-0.25, -0.2) is 0 Å². The van der Waals surface area contributed by atoms with Crippen molar-refractivity contribution in [1.82, 2.24) is 16.0 Å². The summed E-state index contributed by atoms with van der Waals surface area (Å²) in [6.45, 7) is 5.64. The van der Waals surface area contributed by atoms with Gasteiger partial charge in [0.15, 0.2) is 5.96 Å². The zero-order valence-corrected chi connectivity index (χ0v) is 16.7. The summed E-state index contributed by atoms with van der Waals surface area (Å²) in [7, 11) is 0. The maximum Gasteiger partial charge on any atom is 0.220 e. The number of rotatable bonds is 4. The molecule has 132 valence electrons. The zero-order valence-electron chi connectivity index (χ0n) is 14.3. The van der Waals surface area contributed by atoms with Gasteiger partial charge in [0.25, 0.3) is 0 Å². The van der Waals surface area contributed by atoms with Crippen LogP contribution in [0.4, 0.5) is 0 Å². The van der Waals surface area contributed by atoms with Gasteiger partial charge in [-0.2, -0.15) is 0 Å². The molecule has 2 fully saturated rings. The summed E-state index contributed by atoms with van der Waals surface area (Å²) in [5, 5.41) is 9.92. The lowest BCUT2D eigenvalue weighted by Crippen LogP contribution is -2.51. The van der Waals surface area contributed by atoms with Gasteiger partial charge >= 0.3 is 0 Å². The van der Waals surface area contributed by atoms with Crippen molar-refractivity contribution in [3.63, 3.8) is 0 Å². The fourth-order valence-electron chi connectivity index (χ4n) is 3.22. The number of guanidine groups is 1. The van der Waals surface area contributed by atoms with Crippen molar-refractivity contribution in [2.75, 3.05) is 13.1 Å². The smallest absolute Gasteiger partial charge is 0.220 e. The standard InChI is InChI=1S/C18H26N4O.HI/c1-3-19-18(21-13-8-9-17(23)20-11-13)22-16-10-15(16)14-7-5-4-6-12(14)2;/h4-7,13,15-16H,3,8-11H2,1-2H3,(H,20,23)(H2,19,21,22);1H. The zero-order chi connectivity index (χ0) is 16.2. The SMILES string of the molecule is CCN=C(NC1CCC(=O)NC1)NC1CC1c1ccccc1C.I. The molecule has 1 saturated carbocycles. The van der Waals surface area contributed by atoms with Crippen LogP contribution in [-0.2, 0) is 4.79 Å². The third-order valence-electron chi connectivity index (χ3n) is 4.62. The van der Waals surface area contributed by atoms with Gasteiger partial charge in [0.1, 0.15) is 0 Å². The van der Waals surface area contributed by atoms with Crippen LogP contribution in [0.1, 0.15) is 43.2 Å². The van der Waals surface area contributed by atoms with Gasteiger partial charge in [0, 0.05) is 37.5 Å². The van der Waals surface area contributed by atoms with E-state index in [0.29, 0.717) is 24.9 Å². The maximum atomic E-state index is 11.3. The van der Waals surface area contributed by atoms with Crippen molar-refractivity contribution in [3.05, 3.63) is 35.4 Å². The maximum absolute atomic E-state index is 11.3. The van der Waals surface area contributed by atoms with Crippen molar-refractivity contribution in [2.24, 2.45) is 4.99 Å². The Hall–Kier alpha value is -1.31. The highest BCUT2D eigenvalue weighted by Crippen LogP contribution is 2.42. The molecule has 0 bridgehead atoms. The van der Waals surface area contributed by atoms with E-state index in [9.17, 15) is 4.79 Å². The van der Waals surface area contributed by atoms with Crippen LogP contribution in [-0.4, -0.2) is 37.0 Å². The summed E-state index contributed by atoms with van der Waals surface area (Å²) in [5.74, 6) is 1.59. The molecule has 2 aliphatic rings. The van der Waals surface area contributed by atoms with Crippen molar-refractivity contribution >= 4 is 35.8 Å². The molecule has 3 atom stereocenters. The first kappa shape index (κ1) is 19.0. The molecule has 24 heavy (non-hydrogen) atoms. The Kier molecular flexibility index (Phi) is 6.89. The molecule has 0 radical (unpaired) electrons. The van der Waals surface area contributed by atoms with Crippen LogP contribution >= 0.6 is 24.0 Å². The highest BCUT2D eigenvalue weighted by atomic mass is 127. The summed E-state index contributed by atoms with van der Waals surface area (Å²) >= 11 is 0. The fourth-order valence-corrected chi connectivity index (χ4v) is 3.22. The molecule has 1 aromatic carbocycles. The lowest BCUT2D eigenvalue weighted by molar-refractivity contribution is -0.122. The number of piperidine rings is 1. The Labute approximate surface area is 161 Å². The van der Waals surface area contributed by atoms with E-state index in [1.54, 1.807) is 0 Å². The van der Waals surface area contributed by atoms with E-state index in [-0.39, 0.29) is 35.9 Å². The van der Waals surface area contributed by atoms with Crippen LogP contribution in [0.25, 0.3) is 0 Å². The Balaban J connectivity index is 0.00000208. The topological polar surface area (TPSA) is 65.5 Å². The van der Waals surface area contributed by atoms with Crippen molar-refractivity contribution in [3.8, 4) is 0 Å². The second-order valence-electron chi connectivity index (χ2n) is 6.46. The van der Waals surface area contributed by atoms with E-state index < -0.39 is 0 Å². The van der Waals surface area contributed by atoms with Gasteiger partial charge < -0.3 is 16.0 Å². The Morgan fingerprint density at radius 2 is 2.12 bits per heavy atom. The number of benzene rings is 1. The minimum atomic E-state index is 0. The number of hydrogen-bond acceptors (Lipinski definition) is 2. The van der Waals surface area contributed by atoms with Crippen molar-refractivity contribution < 1.29 is 4.79 Å².